The fourth-order valence-corrected chi connectivity index (χ4v) is 4.08. The normalized spacial score (nSPS) is 14.2. The number of nitrogens with one attached hydrogen (secondary N) is 2. The monoisotopic (exact) mass is 434 g/mol. The van der Waals surface area contributed by atoms with E-state index in [2.05, 4.69) is 15.6 Å². The summed E-state index contributed by atoms with van der Waals surface area (Å²) in [5.74, 6) is -0.529. The lowest BCUT2D eigenvalue weighted by atomic mass is 9.96. The zero-order chi connectivity index (χ0) is 22.5. The minimum absolute atomic E-state index is 0.0879. The summed E-state index contributed by atoms with van der Waals surface area (Å²) in [4.78, 5) is 40.9. The first-order chi connectivity index (χ1) is 15.5. The van der Waals surface area contributed by atoms with Crippen LogP contribution in [0.3, 0.4) is 0 Å². The molecule has 166 valence electrons. The van der Waals surface area contributed by atoms with Crippen molar-refractivity contribution in [2.24, 2.45) is 0 Å². The van der Waals surface area contributed by atoms with Gasteiger partial charge in [0.15, 0.2) is 6.61 Å². The summed E-state index contributed by atoms with van der Waals surface area (Å²) in [5, 5.41) is 5.00. The van der Waals surface area contributed by atoms with E-state index >= 15 is 0 Å². The molecule has 3 aromatic rings. The second kappa shape index (κ2) is 9.64. The van der Waals surface area contributed by atoms with E-state index in [1.807, 2.05) is 41.8 Å². The van der Waals surface area contributed by atoms with E-state index in [0.717, 1.165) is 42.7 Å². The van der Waals surface area contributed by atoms with E-state index in [1.165, 1.54) is 6.42 Å². The average molecular weight is 434 g/mol. The number of aromatic nitrogens is 2. The van der Waals surface area contributed by atoms with Crippen LogP contribution in [0.5, 0.6) is 0 Å². The average Bonchev–Trinajstić information content (AvgIpc) is 3.13. The lowest BCUT2D eigenvalue weighted by Gasteiger charge is -2.22. The van der Waals surface area contributed by atoms with Gasteiger partial charge in [0, 0.05) is 11.7 Å². The summed E-state index contributed by atoms with van der Waals surface area (Å²) < 4.78 is 7.09. The topological polar surface area (TPSA) is 102 Å². The number of imide groups is 1. The molecular weight excluding hydrogens is 408 g/mol. The number of benzene rings is 2. The van der Waals surface area contributed by atoms with Crippen molar-refractivity contribution in [3.05, 3.63) is 59.9 Å². The Hall–Kier alpha value is -3.68. The number of amides is 3. The molecule has 0 aliphatic heterocycles. The molecule has 1 saturated carbocycles. The number of ether oxygens (including phenoxy) is 1. The van der Waals surface area contributed by atoms with Crippen LogP contribution in [0.25, 0.3) is 16.7 Å². The lowest BCUT2D eigenvalue weighted by Crippen LogP contribution is -2.46. The minimum atomic E-state index is -0.670. The smallest absolute Gasteiger partial charge is 0.338 e. The first kappa shape index (κ1) is 21.5. The van der Waals surface area contributed by atoms with E-state index in [0.29, 0.717) is 5.52 Å². The quantitative estimate of drug-likeness (QED) is 0.597. The van der Waals surface area contributed by atoms with E-state index < -0.39 is 24.5 Å². The molecule has 2 N–H and O–H groups in total. The van der Waals surface area contributed by atoms with Gasteiger partial charge in [-0.1, -0.05) is 37.5 Å². The van der Waals surface area contributed by atoms with Gasteiger partial charge in [-0.05, 0) is 50.1 Å². The van der Waals surface area contributed by atoms with Crippen molar-refractivity contribution >= 4 is 28.9 Å². The largest absolute Gasteiger partial charge is 0.452 e. The maximum atomic E-state index is 12.4. The van der Waals surface area contributed by atoms with Crippen molar-refractivity contribution in [1.82, 2.24) is 20.2 Å². The third-order valence-electron chi connectivity index (χ3n) is 5.60. The van der Waals surface area contributed by atoms with Crippen molar-refractivity contribution in [3.63, 3.8) is 0 Å². The first-order valence-corrected chi connectivity index (χ1v) is 10.8. The van der Waals surface area contributed by atoms with Crippen molar-refractivity contribution in [3.8, 4) is 5.69 Å². The van der Waals surface area contributed by atoms with Gasteiger partial charge in [-0.25, -0.2) is 14.6 Å². The zero-order valence-corrected chi connectivity index (χ0v) is 18.0. The number of imidazole rings is 1. The number of hydrogen-bond acceptors (Lipinski definition) is 5. The van der Waals surface area contributed by atoms with Crippen LogP contribution in [0.15, 0.2) is 48.5 Å². The van der Waals surface area contributed by atoms with Gasteiger partial charge in [-0.15, -0.1) is 0 Å². The Balaban J connectivity index is 1.35. The molecule has 0 saturated heterocycles. The highest BCUT2D eigenvalue weighted by atomic mass is 16.5. The third-order valence-corrected chi connectivity index (χ3v) is 5.60. The molecule has 1 aliphatic rings. The number of fused-ring (bicyclic) bond motifs is 1. The molecule has 8 nitrogen and oxygen atoms in total. The van der Waals surface area contributed by atoms with Crippen molar-refractivity contribution < 1.29 is 19.1 Å². The van der Waals surface area contributed by atoms with E-state index in [-0.39, 0.29) is 11.6 Å². The van der Waals surface area contributed by atoms with Gasteiger partial charge in [0.25, 0.3) is 5.91 Å². The molecule has 0 atom stereocenters. The molecule has 3 amide bonds. The predicted molar refractivity (Wildman–Crippen MR) is 120 cm³/mol. The van der Waals surface area contributed by atoms with Crippen molar-refractivity contribution in [1.29, 1.82) is 0 Å². The standard InChI is InChI=1S/C24H26N4O4/c1-16-25-20-14-17(12-13-21(20)28(16)19-10-6-3-7-11-19)23(30)32-15-22(29)27-24(31)26-18-8-4-2-5-9-18/h3,6-7,10-14,18H,2,4-5,8-9,15H2,1H3,(H2,26,27,29,31). The molecule has 32 heavy (non-hydrogen) atoms. The van der Waals surface area contributed by atoms with Crippen LogP contribution in [0, 0.1) is 6.92 Å². The molecule has 1 aliphatic carbocycles. The Bertz CT molecular complexity index is 1130. The summed E-state index contributed by atoms with van der Waals surface area (Å²) in [6, 6.07) is 14.4. The first-order valence-electron chi connectivity index (χ1n) is 10.8. The van der Waals surface area contributed by atoms with E-state index in [1.54, 1.807) is 18.2 Å². The second-order valence-corrected chi connectivity index (χ2v) is 7.97. The number of aryl methyl sites for hydroxylation is 1. The number of nitrogens with zero attached hydrogens (tertiary/aromatic N) is 2. The van der Waals surface area contributed by atoms with Crippen molar-refractivity contribution in [2.75, 3.05) is 6.61 Å². The molecule has 1 aromatic heterocycles. The fraction of sp³-hybridized carbons (Fsp3) is 0.333. The molecule has 0 bridgehead atoms. The molecule has 1 fully saturated rings. The van der Waals surface area contributed by atoms with E-state index in [4.69, 9.17) is 4.74 Å². The van der Waals surface area contributed by atoms with Crippen LogP contribution in [-0.2, 0) is 9.53 Å². The number of carbonyl (C=O) groups is 3. The van der Waals surface area contributed by atoms with Gasteiger partial charge in [-0.3, -0.25) is 14.7 Å². The van der Waals surface area contributed by atoms with Gasteiger partial charge in [0.2, 0.25) is 0 Å². The molecular formula is C24H26N4O4. The zero-order valence-electron chi connectivity index (χ0n) is 18.0. The maximum Gasteiger partial charge on any atom is 0.338 e. The summed E-state index contributed by atoms with van der Waals surface area (Å²) >= 11 is 0. The Kier molecular flexibility index (Phi) is 6.49. The van der Waals surface area contributed by atoms with Gasteiger partial charge < -0.3 is 10.1 Å². The van der Waals surface area contributed by atoms with Crippen LogP contribution in [0.2, 0.25) is 0 Å². The minimum Gasteiger partial charge on any atom is -0.452 e. The SMILES string of the molecule is Cc1nc2cc(C(=O)OCC(=O)NC(=O)NC3CCCCC3)ccc2n1-c1ccccc1. The molecule has 0 radical (unpaired) electrons. The highest BCUT2D eigenvalue weighted by Crippen LogP contribution is 2.22. The molecule has 0 spiro atoms. The summed E-state index contributed by atoms with van der Waals surface area (Å²) in [5.41, 5.74) is 2.78. The van der Waals surface area contributed by atoms with Crippen LogP contribution >= 0.6 is 0 Å². The predicted octanol–water partition coefficient (Wildman–Crippen LogP) is 3.65. The Labute approximate surface area is 186 Å². The molecule has 4 rings (SSSR count). The number of carbonyl (C=O) groups excluding carboxylic acids is 3. The number of hydrogen-bond donors (Lipinski definition) is 2. The fourth-order valence-electron chi connectivity index (χ4n) is 4.08. The molecule has 1 heterocycles. The molecule has 8 heteroatoms. The number of para-hydroxylation sites is 1. The Morgan fingerprint density at radius 3 is 2.56 bits per heavy atom. The van der Waals surface area contributed by atoms with Gasteiger partial charge in [0.05, 0.1) is 16.6 Å². The highest BCUT2D eigenvalue weighted by molar-refractivity contribution is 5.98. The van der Waals surface area contributed by atoms with Crippen LogP contribution in [-0.4, -0.2) is 40.1 Å². The van der Waals surface area contributed by atoms with Crippen molar-refractivity contribution in [2.45, 2.75) is 45.1 Å². The lowest BCUT2D eigenvalue weighted by molar-refractivity contribution is -0.123. The van der Waals surface area contributed by atoms with Gasteiger partial charge >= 0.3 is 12.0 Å². The van der Waals surface area contributed by atoms with Gasteiger partial charge in [0.1, 0.15) is 5.82 Å². The maximum absolute atomic E-state index is 12.4. The highest BCUT2D eigenvalue weighted by Gasteiger charge is 2.18. The Morgan fingerprint density at radius 1 is 1.06 bits per heavy atom. The van der Waals surface area contributed by atoms with Crippen LogP contribution < -0.4 is 10.6 Å². The third kappa shape index (κ3) is 4.96. The second-order valence-electron chi connectivity index (χ2n) is 7.97. The van der Waals surface area contributed by atoms with E-state index in [9.17, 15) is 14.4 Å². The number of esters is 1. The summed E-state index contributed by atoms with van der Waals surface area (Å²) in [7, 11) is 0. The number of urea groups is 1. The summed E-state index contributed by atoms with van der Waals surface area (Å²) in [6.45, 7) is 1.36. The van der Waals surface area contributed by atoms with Crippen LogP contribution in [0.4, 0.5) is 4.79 Å². The summed E-state index contributed by atoms with van der Waals surface area (Å²) in [6.07, 6.45) is 5.15. The van der Waals surface area contributed by atoms with Gasteiger partial charge in [-0.2, -0.15) is 0 Å². The Morgan fingerprint density at radius 2 is 1.81 bits per heavy atom. The number of rotatable bonds is 5. The van der Waals surface area contributed by atoms with Crippen LogP contribution in [0.1, 0.15) is 48.3 Å². The molecule has 0 unspecified atom stereocenters. The molecule has 2 aromatic carbocycles.